The molecule has 144 valence electrons. The first-order chi connectivity index (χ1) is 14.0. The zero-order chi connectivity index (χ0) is 20.5. The largest absolute Gasteiger partial charge is 0.454 e. The monoisotopic (exact) mass is 387 g/mol. The van der Waals surface area contributed by atoms with E-state index in [-0.39, 0.29) is 17.0 Å². The normalized spacial score (nSPS) is 11.5. The Morgan fingerprint density at radius 2 is 1.76 bits per heavy atom. The number of fused-ring (bicyclic) bond motifs is 3. The number of rotatable bonds is 5. The smallest absolute Gasteiger partial charge is 0.345 e. The van der Waals surface area contributed by atoms with Gasteiger partial charge in [0.2, 0.25) is 0 Å². The molecule has 4 rings (SSSR count). The number of hydrogen-bond acceptors (Lipinski definition) is 5. The molecule has 0 saturated heterocycles. The third kappa shape index (κ3) is 3.40. The minimum atomic E-state index is -0.889. The van der Waals surface area contributed by atoms with Gasteiger partial charge in [-0.3, -0.25) is 14.9 Å². The van der Waals surface area contributed by atoms with E-state index in [0.29, 0.717) is 11.1 Å². The SMILES string of the molecule is Cc1cccc(C(=O)OCC(=O)c2ccc3c(c2)-c2ccccc2C3)c1[N+](=O)[O-]. The van der Waals surface area contributed by atoms with Crippen molar-refractivity contribution in [3.8, 4) is 11.1 Å². The fraction of sp³-hybridized carbons (Fsp3) is 0.130. The number of Topliss-reactive ketones (excluding diaryl/α,β-unsaturated/α-hetero) is 1. The van der Waals surface area contributed by atoms with Crippen molar-refractivity contribution in [2.24, 2.45) is 0 Å². The molecule has 3 aromatic rings. The number of esters is 1. The molecule has 1 aliphatic rings. The second-order valence-electron chi connectivity index (χ2n) is 6.93. The topological polar surface area (TPSA) is 86.5 Å². The van der Waals surface area contributed by atoms with Gasteiger partial charge in [0, 0.05) is 11.1 Å². The molecule has 0 bridgehead atoms. The van der Waals surface area contributed by atoms with E-state index in [1.807, 2.05) is 30.3 Å². The number of carbonyl (C=O) groups excluding carboxylic acids is 2. The van der Waals surface area contributed by atoms with Crippen molar-refractivity contribution in [3.63, 3.8) is 0 Å². The second-order valence-corrected chi connectivity index (χ2v) is 6.93. The van der Waals surface area contributed by atoms with E-state index in [9.17, 15) is 19.7 Å². The van der Waals surface area contributed by atoms with E-state index >= 15 is 0 Å². The van der Waals surface area contributed by atoms with E-state index in [1.54, 1.807) is 25.1 Å². The number of ether oxygens (including phenoxy) is 1. The molecule has 6 heteroatoms. The summed E-state index contributed by atoms with van der Waals surface area (Å²) in [6, 6.07) is 17.9. The molecule has 0 saturated carbocycles. The molecule has 1 aliphatic carbocycles. The van der Waals surface area contributed by atoms with Gasteiger partial charge < -0.3 is 4.74 Å². The first-order valence-corrected chi connectivity index (χ1v) is 9.11. The highest BCUT2D eigenvalue weighted by Gasteiger charge is 2.25. The van der Waals surface area contributed by atoms with Crippen molar-refractivity contribution in [1.29, 1.82) is 0 Å². The lowest BCUT2D eigenvalue weighted by molar-refractivity contribution is -0.385. The van der Waals surface area contributed by atoms with E-state index < -0.39 is 17.5 Å². The molecule has 0 atom stereocenters. The summed E-state index contributed by atoms with van der Waals surface area (Å²) in [5, 5.41) is 11.2. The van der Waals surface area contributed by atoms with Crippen LogP contribution >= 0.6 is 0 Å². The number of benzene rings is 3. The van der Waals surface area contributed by atoms with Gasteiger partial charge in [-0.1, -0.05) is 48.5 Å². The predicted octanol–water partition coefficient (Wildman–Crippen LogP) is 4.51. The quantitative estimate of drug-likeness (QED) is 0.218. The third-order valence-corrected chi connectivity index (χ3v) is 5.09. The summed E-state index contributed by atoms with van der Waals surface area (Å²) in [7, 11) is 0. The molecule has 6 nitrogen and oxygen atoms in total. The van der Waals surface area contributed by atoms with Gasteiger partial charge in [-0.05, 0) is 47.7 Å². The van der Waals surface area contributed by atoms with Crippen molar-refractivity contribution >= 4 is 17.4 Å². The van der Waals surface area contributed by atoms with Gasteiger partial charge in [0.15, 0.2) is 12.4 Å². The first kappa shape index (κ1) is 18.6. The lowest BCUT2D eigenvalue weighted by atomic mass is 10.0. The van der Waals surface area contributed by atoms with E-state index in [1.165, 1.54) is 11.6 Å². The Kier molecular flexibility index (Phi) is 4.68. The number of ketones is 1. The molecule has 3 aromatic carbocycles. The highest BCUT2D eigenvalue weighted by molar-refractivity contribution is 6.01. The number of nitro benzene ring substituents is 1. The minimum Gasteiger partial charge on any atom is -0.454 e. The molecule has 0 amide bonds. The Morgan fingerprint density at radius 1 is 1.00 bits per heavy atom. The van der Waals surface area contributed by atoms with Crippen LogP contribution in [0.1, 0.15) is 37.4 Å². The van der Waals surface area contributed by atoms with Crippen molar-refractivity contribution in [3.05, 3.63) is 98.6 Å². The maximum Gasteiger partial charge on any atom is 0.345 e. The molecule has 0 spiro atoms. The van der Waals surface area contributed by atoms with Crippen molar-refractivity contribution in [2.75, 3.05) is 6.61 Å². The Balaban J connectivity index is 1.52. The second kappa shape index (κ2) is 7.31. The summed E-state index contributed by atoms with van der Waals surface area (Å²) in [4.78, 5) is 35.5. The van der Waals surface area contributed by atoms with Crippen LogP contribution in [0.3, 0.4) is 0 Å². The first-order valence-electron chi connectivity index (χ1n) is 9.11. The molecule has 0 aromatic heterocycles. The summed E-state index contributed by atoms with van der Waals surface area (Å²) in [5.74, 6) is -1.25. The summed E-state index contributed by atoms with van der Waals surface area (Å²) in [5.41, 5.74) is 4.79. The average Bonchev–Trinajstić information content (AvgIpc) is 3.09. The van der Waals surface area contributed by atoms with E-state index in [0.717, 1.165) is 23.1 Å². The highest BCUT2D eigenvalue weighted by Crippen LogP contribution is 2.36. The van der Waals surface area contributed by atoms with Gasteiger partial charge in [-0.2, -0.15) is 0 Å². The van der Waals surface area contributed by atoms with Gasteiger partial charge in [-0.15, -0.1) is 0 Å². The minimum absolute atomic E-state index is 0.161. The van der Waals surface area contributed by atoms with Crippen molar-refractivity contribution < 1.29 is 19.2 Å². The summed E-state index contributed by atoms with van der Waals surface area (Å²) < 4.78 is 5.09. The van der Waals surface area contributed by atoms with Gasteiger partial charge >= 0.3 is 5.97 Å². The van der Waals surface area contributed by atoms with Crippen LogP contribution in [0, 0.1) is 17.0 Å². The Hall–Kier alpha value is -3.80. The van der Waals surface area contributed by atoms with Gasteiger partial charge in [-0.25, -0.2) is 4.79 Å². The van der Waals surface area contributed by atoms with Crippen LogP contribution in [0.4, 0.5) is 5.69 Å². The Bertz CT molecular complexity index is 1170. The highest BCUT2D eigenvalue weighted by atomic mass is 16.6. The third-order valence-electron chi connectivity index (χ3n) is 5.09. The van der Waals surface area contributed by atoms with Crippen LogP contribution in [0.5, 0.6) is 0 Å². The molecule has 29 heavy (non-hydrogen) atoms. The number of nitrogens with zero attached hydrogens (tertiary/aromatic N) is 1. The van der Waals surface area contributed by atoms with E-state index in [2.05, 4.69) is 6.07 Å². The zero-order valence-corrected chi connectivity index (χ0v) is 15.7. The van der Waals surface area contributed by atoms with Crippen molar-refractivity contribution in [2.45, 2.75) is 13.3 Å². The maximum absolute atomic E-state index is 12.6. The number of carbonyl (C=O) groups is 2. The lowest BCUT2D eigenvalue weighted by Gasteiger charge is -2.08. The molecule has 0 N–H and O–H groups in total. The Morgan fingerprint density at radius 3 is 2.55 bits per heavy atom. The van der Waals surface area contributed by atoms with Crippen LogP contribution in [0.15, 0.2) is 60.7 Å². The molecular weight excluding hydrogens is 370 g/mol. The molecule has 0 heterocycles. The van der Waals surface area contributed by atoms with Gasteiger partial charge in [0.1, 0.15) is 5.56 Å². The number of aryl methyl sites for hydroxylation is 1. The molecule has 0 fully saturated rings. The fourth-order valence-corrected chi connectivity index (χ4v) is 3.66. The fourth-order valence-electron chi connectivity index (χ4n) is 3.66. The van der Waals surface area contributed by atoms with Crippen LogP contribution in [-0.4, -0.2) is 23.3 Å². The number of hydrogen-bond donors (Lipinski definition) is 0. The van der Waals surface area contributed by atoms with Crippen LogP contribution in [0.2, 0.25) is 0 Å². The summed E-state index contributed by atoms with van der Waals surface area (Å²) in [6.45, 7) is 1.06. The average molecular weight is 387 g/mol. The maximum atomic E-state index is 12.6. The predicted molar refractivity (Wildman–Crippen MR) is 107 cm³/mol. The van der Waals surface area contributed by atoms with Crippen LogP contribution in [0.25, 0.3) is 11.1 Å². The molecular formula is C23H17NO5. The Labute approximate surface area is 166 Å². The van der Waals surface area contributed by atoms with Crippen LogP contribution < -0.4 is 0 Å². The van der Waals surface area contributed by atoms with Gasteiger partial charge in [0.05, 0.1) is 4.92 Å². The number of nitro groups is 1. The zero-order valence-electron chi connectivity index (χ0n) is 15.7. The summed E-state index contributed by atoms with van der Waals surface area (Å²) >= 11 is 0. The lowest BCUT2D eigenvalue weighted by Crippen LogP contribution is -2.15. The van der Waals surface area contributed by atoms with Crippen LogP contribution in [-0.2, 0) is 11.2 Å². The van der Waals surface area contributed by atoms with Crippen molar-refractivity contribution in [1.82, 2.24) is 0 Å². The number of para-hydroxylation sites is 1. The molecule has 0 radical (unpaired) electrons. The standard InChI is InChI=1S/C23H17NO5/c1-14-5-4-8-19(22(14)24(27)28)23(26)29-13-21(25)17-10-9-16-11-15-6-2-3-7-18(15)20(16)12-17/h2-10,12H,11,13H2,1H3. The molecule has 0 unspecified atom stereocenters. The van der Waals surface area contributed by atoms with Gasteiger partial charge in [0.25, 0.3) is 5.69 Å². The van der Waals surface area contributed by atoms with E-state index in [4.69, 9.17) is 4.74 Å². The molecule has 0 aliphatic heterocycles. The summed E-state index contributed by atoms with van der Waals surface area (Å²) in [6.07, 6.45) is 0.825.